The second-order valence-electron chi connectivity index (χ2n) is 5.28. The number of hydrazone groups is 1. The minimum absolute atomic E-state index is 0.161. The number of para-hydroxylation sites is 2. The molecule has 0 unspecified atom stereocenters. The average molecular weight is 347 g/mol. The fourth-order valence-corrected chi connectivity index (χ4v) is 2.50. The van der Waals surface area contributed by atoms with Crippen molar-refractivity contribution < 1.29 is 5.11 Å². The highest BCUT2D eigenvalue weighted by atomic mass is 32.1. The van der Waals surface area contributed by atoms with Gasteiger partial charge in [0.15, 0.2) is 5.11 Å². The third-order valence-corrected chi connectivity index (χ3v) is 3.70. The molecule has 3 rings (SSSR count). The molecule has 0 radical (unpaired) electrons. The Labute approximate surface area is 151 Å². The monoisotopic (exact) mass is 347 g/mol. The molecule has 0 heterocycles. The highest BCUT2D eigenvalue weighted by Gasteiger charge is 2.11. The minimum atomic E-state index is 0.161. The van der Waals surface area contributed by atoms with Crippen LogP contribution >= 0.6 is 12.2 Å². The molecule has 0 fully saturated rings. The summed E-state index contributed by atoms with van der Waals surface area (Å²) < 4.78 is 0. The van der Waals surface area contributed by atoms with E-state index in [1.54, 1.807) is 12.1 Å². The first-order chi connectivity index (χ1) is 12.2. The quantitative estimate of drug-likeness (QED) is 0.377. The van der Waals surface area contributed by atoms with Gasteiger partial charge in [-0.1, -0.05) is 60.7 Å². The van der Waals surface area contributed by atoms with Crippen LogP contribution in [0.5, 0.6) is 5.75 Å². The van der Waals surface area contributed by atoms with Crippen LogP contribution in [0, 0.1) is 0 Å². The van der Waals surface area contributed by atoms with Crippen molar-refractivity contribution in [2.24, 2.45) is 5.10 Å². The van der Waals surface area contributed by atoms with Crippen LogP contribution in [0.15, 0.2) is 90.0 Å². The summed E-state index contributed by atoms with van der Waals surface area (Å²) in [4.78, 5) is 0. The summed E-state index contributed by atoms with van der Waals surface area (Å²) in [7, 11) is 0. The van der Waals surface area contributed by atoms with E-state index in [2.05, 4.69) is 15.8 Å². The van der Waals surface area contributed by atoms with Gasteiger partial charge in [0.2, 0.25) is 0 Å². The number of nitrogens with zero attached hydrogens (tertiary/aromatic N) is 1. The number of aromatic hydroxyl groups is 1. The Morgan fingerprint density at radius 3 is 2.08 bits per heavy atom. The van der Waals surface area contributed by atoms with Gasteiger partial charge in [-0.05, 0) is 36.5 Å². The van der Waals surface area contributed by atoms with Gasteiger partial charge in [0, 0.05) is 16.8 Å². The van der Waals surface area contributed by atoms with E-state index >= 15 is 0 Å². The molecule has 0 saturated heterocycles. The molecule has 25 heavy (non-hydrogen) atoms. The standard InChI is InChI=1S/C20H17N3OS/c24-18-14-8-7-13-17(18)19(15-9-3-1-4-10-15)22-23-20(25)21-16-11-5-2-6-12-16/h1-14,24H,(H2,21,23,25). The predicted molar refractivity (Wildman–Crippen MR) is 106 cm³/mol. The number of benzene rings is 3. The zero-order valence-corrected chi connectivity index (χ0v) is 14.2. The summed E-state index contributed by atoms with van der Waals surface area (Å²) in [6.07, 6.45) is 0. The van der Waals surface area contributed by atoms with Gasteiger partial charge in [0.1, 0.15) is 11.5 Å². The van der Waals surface area contributed by atoms with Crippen LogP contribution in [0.1, 0.15) is 11.1 Å². The predicted octanol–water partition coefficient (Wildman–Crippen LogP) is 4.13. The molecule has 0 atom stereocenters. The molecular weight excluding hydrogens is 330 g/mol. The van der Waals surface area contributed by atoms with Crippen LogP contribution in [-0.4, -0.2) is 15.9 Å². The fraction of sp³-hybridized carbons (Fsp3) is 0. The normalized spacial score (nSPS) is 11.0. The summed E-state index contributed by atoms with van der Waals surface area (Å²) in [5, 5.41) is 18.0. The van der Waals surface area contributed by atoms with Gasteiger partial charge >= 0.3 is 0 Å². The molecule has 0 aliphatic heterocycles. The molecule has 3 aromatic carbocycles. The molecule has 0 aromatic heterocycles. The van der Waals surface area contributed by atoms with Gasteiger partial charge in [-0.15, -0.1) is 0 Å². The number of rotatable bonds is 4. The number of anilines is 1. The molecule has 0 aliphatic rings. The van der Waals surface area contributed by atoms with E-state index < -0.39 is 0 Å². The summed E-state index contributed by atoms with van der Waals surface area (Å²) in [5.74, 6) is 0.161. The maximum Gasteiger partial charge on any atom is 0.191 e. The zero-order valence-electron chi connectivity index (χ0n) is 13.4. The molecule has 4 nitrogen and oxygen atoms in total. The van der Waals surface area contributed by atoms with E-state index in [1.807, 2.05) is 72.8 Å². The van der Waals surface area contributed by atoms with E-state index in [9.17, 15) is 5.11 Å². The molecule has 0 bridgehead atoms. The number of phenols is 1. The first-order valence-electron chi connectivity index (χ1n) is 7.77. The molecule has 0 saturated carbocycles. The van der Waals surface area contributed by atoms with Crippen molar-refractivity contribution in [2.75, 3.05) is 5.32 Å². The van der Waals surface area contributed by atoms with Crippen molar-refractivity contribution in [3.63, 3.8) is 0 Å². The molecule has 124 valence electrons. The lowest BCUT2D eigenvalue weighted by molar-refractivity contribution is 0.474. The molecule has 0 amide bonds. The van der Waals surface area contributed by atoms with E-state index in [4.69, 9.17) is 12.2 Å². The third-order valence-electron chi connectivity index (χ3n) is 3.51. The van der Waals surface area contributed by atoms with Gasteiger partial charge in [-0.3, -0.25) is 5.43 Å². The van der Waals surface area contributed by atoms with Gasteiger partial charge in [-0.25, -0.2) is 0 Å². The second-order valence-corrected chi connectivity index (χ2v) is 5.68. The summed E-state index contributed by atoms with van der Waals surface area (Å²) >= 11 is 5.30. The van der Waals surface area contributed by atoms with Crippen LogP contribution in [0.3, 0.4) is 0 Å². The Morgan fingerprint density at radius 1 is 0.800 bits per heavy atom. The first kappa shape index (κ1) is 16.7. The Kier molecular flexibility index (Phi) is 5.39. The Bertz CT molecular complexity index is 880. The number of nitrogens with one attached hydrogen (secondary N) is 2. The zero-order chi connectivity index (χ0) is 17.5. The molecule has 0 aliphatic carbocycles. The van der Waals surface area contributed by atoms with Gasteiger partial charge in [0.25, 0.3) is 0 Å². The summed E-state index contributed by atoms with van der Waals surface area (Å²) in [6.45, 7) is 0. The smallest absolute Gasteiger partial charge is 0.191 e. The van der Waals surface area contributed by atoms with Gasteiger partial charge < -0.3 is 10.4 Å². The van der Waals surface area contributed by atoms with Crippen molar-refractivity contribution in [3.8, 4) is 5.75 Å². The fourth-order valence-electron chi connectivity index (χ4n) is 2.34. The van der Waals surface area contributed by atoms with E-state index in [1.165, 1.54) is 0 Å². The van der Waals surface area contributed by atoms with Crippen LogP contribution in [0.4, 0.5) is 5.69 Å². The van der Waals surface area contributed by atoms with Gasteiger partial charge in [0.05, 0.1) is 0 Å². The maximum absolute atomic E-state index is 10.2. The van der Waals surface area contributed by atoms with Crippen molar-refractivity contribution in [3.05, 3.63) is 96.1 Å². The molecule has 5 heteroatoms. The van der Waals surface area contributed by atoms with E-state index in [0.29, 0.717) is 16.4 Å². The van der Waals surface area contributed by atoms with Crippen molar-refractivity contribution in [2.45, 2.75) is 0 Å². The number of phenolic OH excluding ortho intramolecular Hbond substituents is 1. The average Bonchev–Trinajstić information content (AvgIpc) is 2.65. The minimum Gasteiger partial charge on any atom is -0.507 e. The SMILES string of the molecule is Oc1ccccc1C(=NNC(=S)Nc1ccccc1)c1ccccc1. The Balaban J connectivity index is 1.86. The molecule has 0 spiro atoms. The maximum atomic E-state index is 10.2. The first-order valence-corrected chi connectivity index (χ1v) is 8.18. The molecular formula is C20H17N3OS. The lowest BCUT2D eigenvalue weighted by atomic mass is 10.0. The highest BCUT2D eigenvalue weighted by Crippen LogP contribution is 2.20. The number of thiocarbonyl (C=S) groups is 1. The van der Waals surface area contributed by atoms with Crippen molar-refractivity contribution in [1.82, 2.24) is 5.43 Å². The van der Waals surface area contributed by atoms with Crippen LogP contribution in [0.25, 0.3) is 0 Å². The van der Waals surface area contributed by atoms with Crippen LogP contribution < -0.4 is 10.7 Å². The topological polar surface area (TPSA) is 56.7 Å². The summed E-state index contributed by atoms with van der Waals surface area (Å²) in [5.41, 5.74) is 5.84. The van der Waals surface area contributed by atoms with Crippen LogP contribution in [-0.2, 0) is 0 Å². The Morgan fingerprint density at radius 2 is 1.40 bits per heavy atom. The third kappa shape index (κ3) is 4.43. The second kappa shape index (κ2) is 8.08. The number of hydrogen-bond donors (Lipinski definition) is 3. The summed E-state index contributed by atoms with van der Waals surface area (Å²) in [6, 6.07) is 26.3. The van der Waals surface area contributed by atoms with E-state index in [0.717, 1.165) is 11.3 Å². The van der Waals surface area contributed by atoms with Crippen molar-refractivity contribution >= 4 is 28.7 Å². The lowest BCUT2D eigenvalue weighted by Crippen LogP contribution is -2.25. The van der Waals surface area contributed by atoms with E-state index in [-0.39, 0.29) is 5.75 Å². The highest BCUT2D eigenvalue weighted by molar-refractivity contribution is 7.80. The molecule has 3 N–H and O–H groups in total. The largest absolute Gasteiger partial charge is 0.507 e. The lowest BCUT2D eigenvalue weighted by Gasteiger charge is -2.11. The molecule has 3 aromatic rings. The number of hydrogen-bond acceptors (Lipinski definition) is 3. The van der Waals surface area contributed by atoms with Gasteiger partial charge in [-0.2, -0.15) is 5.10 Å². The Hall–Kier alpha value is -3.18. The van der Waals surface area contributed by atoms with Crippen LogP contribution in [0.2, 0.25) is 0 Å². The van der Waals surface area contributed by atoms with Crippen molar-refractivity contribution in [1.29, 1.82) is 0 Å².